The number of hydrogen-bond donors (Lipinski definition) is 3. The summed E-state index contributed by atoms with van der Waals surface area (Å²) in [6.07, 6.45) is 1.74. The summed E-state index contributed by atoms with van der Waals surface area (Å²) in [6, 6.07) is -0.266. The van der Waals surface area contributed by atoms with Crippen LogP contribution in [0.4, 0.5) is 0 Å². The van der Waals surface area contributed by atoms with E-state index < -0.39 is 0 Å². The van der Waals surface area contributed by atoms with Crippen LogP contribution in [0.15, 0.2) is 6.20 Å². The van der Waals surface area contributed by atoms with Crippen molar-refractivity contribution in [3.63, 3.8) is 0 Å². The zero-order valence-corrected chi connectivity index (χ0v) is 10.2. The number of nitrogens with zero attached hydrogens (tertiary/aromatic N) is 3. The number of aliphatic hydroxyl groups is 1. The van der Waals surface area contributed by atoms with Gasteiger partial charge in [0.1, 0.15) is 0 Å². The van der Waals surface area contributed by atoms with Crippen LogP contribution in [-0.2, 0) is 17.9 Å². The fourth-order valence-electron chi connectivity index (χ4n) is 1.31. The molecule has 17 heavy (non-hydrogen) atoms. The first-order chi connectivity index (χ1) is 8.17. The van der Waals surface area contributed by atoms with Gasteiger partial charge in [0.15, 0.2) is 0 Å². The summed E-state index contributed by atoms with van der Waals surface area (Å²) in [7, 11) is 0. The maximum Gasteiger partial charge on any atom is 0.236 e. The van der Waals surface area contributed by atoms with Gasteiger partial charge >= 0.3 is 0 Å². The summed E-state index contributed by atoms with van der Waals surface area (Å²) in [5.41, 5.74) is 0.745. The van der Waals surface area contributed by atoms with Crippen molar-refractivity contribution < 1.29 is 9.90 Å². The molecular weight excluding hydrogens is 222 g/mol. The lowest BCUT2D eigenvalue weighted by atomic mass is 10.3. The number of likely N-dealkylation sites (N-methyl/N-ethyl adjacent to an activating group) is 1. The molecule has 0 saturated heterocycles. The van der Waals surface area contributed by atoms with Crippen molar-refractivity contribution in [1.29, 1.82) is 0 Å². The molecule has 0 aromatic carbocycles. The number of rotatable bonds is 7. The first-order valence-corrected chi connectivity index (χ1v) is 5.68. The van der Waals surface area contributed by atoms with Crippen LogP contribution in [0.1, 0.15) is 19.5 Å². The van der Waals surface area contributed by atoms with Gasteiger partial charge in [-0.15, -0.1) is 5.10 Å². The number of carbonyl (C=O) groups excluding carboxylic acids is 1. The Morgan fingerprint density at radius 1 is 1.65 bits per heavy atom. The molecule has 1 aromatic rings. The van der Waals surface area contributed by atoms with Crippen molar-refractivity contribution in [3.05, 3.63) is 11.9 Å². The van der Waals surface area contributed by atoms with E-state index in [4.69, 9.17) is 5.11 Å². The van der Waals surface area contributed by atoms with E-state index in [1.165, 1.54) is 0 Å². The monoisotopic (exact) mass is 241 g/mol. The van der Waals surface area contributed by atoms with Crippen LogP contribution in [0.3, 0.4) is 0 Å². The molecule has 0 radical (unpaired) electrons. The number of aliphatic hydroxyl groups excluding tert-OH is 1. The Labute approximate surface area is 100 Å². The third-order valence-electron chi connectivity index (χ3n) is 2.25. The molecule has 0 spiro atoms. The third kappa shape index (κ3) is 4.49. The predicted molar refractivity (Wildman–Crippen MR) is 62.1 cm³/mol. The summed E-state index contributed by atoms with van der Waals surface area (Å²) < 4.78 is 1.56. The highest BCUT2D eigenvalue weighted by Gasteiger charge is 2.11. The second-order valence-corrected chi connectivity index (χ2v) is 3.69. The minimum atomic E-state index is -0.266. The fraction of sp³-hybridized carbons (Fsp3) is 0.700. The average molecular weight is 241 g/mol. The van der Waals surface area contributed by atoms with E-state index in [1.54, 1.807) is 17.8 Å². The Balaban J connectivity index is 2.36. The van der Waals surface area contributed by atoms with Gasteiger partial charge in [-0.25, -0.2) is 4.68 Å². The maximum atomic E-state index is 11.4. The topological polar surface area (TPSA) is 92.1 Å². The maximum absolute atomic E-state index is 11.4. The van der Waals surface area contributed by atoms with Crippen molar-refractivity contribution >= 4 is 5.91 Å². The number of nitrogens with one attached hydrogen (secondary N) is 2. The van der Waals surface area contributed by atoms with E-state index in [-0.39, 0.29) is 18.6 Å². The van der Waals surface area contributed by atoms with E-state index >= 15 is 0 Å². The van der Waals surface area contributed by atoms with Crippen molar-refractivity contribution in [2.24, 2.45) is 0 Å². The van der Waals surface area contributed by atoms with Gasteiger partial charge in [-0.2, -0.15) is 0 Å². The smallest absolute Gasteiger partial charge is 0.236 e. The lowest BCUT2D eigenvalue weighted by Crippen LogP contribution is -2.41. The van der Waals surface area contributed by atoms with E-state index in [0.29, 0.717) is 19.6 Å². The molecule has 0 aliphatic carbocycles. The summed E-state index contributed by atoms with van der Waals surface area (Å²) in [5.74, 6) is -0.0322. The zero-order valence-electron chi connectivity index (χ0n) is 10.2. The molecule has 0 aliphatic rings. The van der Waals surface area contributed by atoms with Crippen LogP contribution < -0.4 is 10.6 Å². The number of amides is 1. The molecule has 3 N–H and O–H groups in total. The second-order valence-electron chi connectivity index (χ2n) is 3.69. The molecule has 7 heteroatoms. The Bertz CT molecular complexity index is 352. The van der Waals surface area contributed by atoms with Gasteiger partial charge in [-0.3, -0.25) is 4.79 Å². The Kier molecular flexibility index (Phi) is 5.58. The highest BCUT2D eigenvalue weighted by atomic mass is 16.3. The molecule has 1 unspecified atom stereocenters. The van der Waals surface area contributed by atoms with Gasteiger partial charge in [0.25, 0.3) is 0 Å². The zero-order chi connectivity index (χ0) is 12.7. The van der Waals surface area contributed by atoms with Gasteiger partial charge in [-0.1, -0.05) is 5.21 Å². The molecule has 7 nitrogen and oxygen atoms in total. The first-order valence-electron chi connectivity index (χ1n) is 5.68. The lowest BCUT2D eigenvalue weighted by molar-refractivity contribution is -0.122. The molecule has 1 atom stereocenters. The number of carbonyl (C=O) groups is 1. The van der Waals surface area contributed by atoms with Gasteiger partial charge in [0.2, 0.25) is 5.91 Å². The Morgan fingerprint density at radius 3 is 3.06 bits per heavy atom. The van der Waals surface area contributed by atoms with Crippen molar-refractivity contribution in [1.82, 2.24) is 25.6 Å². The SMILES string of the molecule is CCNC(=O)C(C)NCc1cn(CCO)nn1. The summed E-state index contributed by atoms with van der Waals surface area (Å²) in [5, 5.41) is 22.3. The van der Waals surface area contributed by atoms with Gasteiger partial charge in [-0.05, 0) is 13.8 Å². The molecular formula is C10H19N5O2. The van der Waals surface area contributed by atoms with Crippen molar-refractivity contribution in [3.8, 4) is 0 Å². The van der Waals surface area contributed by atoms with Crippen LogP contribution in [0.2, 0.25) is 0 Å². The fourth-order valence-corrected chi connectivity index (χ4v) is 1.31. The Hall–Kier alpha value is -1.47. The molecule has 1 heterocycles. The van der Waals surface area contributed by atoms with Gasteiger partial charge in [0.05, 0.1) is 24.9 Å². The standard InChI is InChI=1S/C10H19N5O2/c1-3-11-10(17)8(2)12-6-9-7-15(4-5-16)14-13-9/h7-8,12,16H,3-6H2,1-2H3,(H,11,17). The lowest BCUT2D eigenvalue weighted by Gasteiger charge is -2.11. The molecule has 0 aliphatic heterocycles. The predicted octanol–water partition coefficient (Wildman–Crippen LogP) is -1.12. The Morgan fingerprint density at radius 2 is 2.41 bits per heavy atom. The van der Waals surface area contributed by atoms with Crippen LogP contribution >= 0.6 is 0 Å². The van der Waals surface area contributed by atoms with E-state index in [0.717, 1.165) is 5.69 Å². The van der Waals surface area contributed by atoms with Gasteiger partial charge < -0.3 is 15.7 Å². The normalized spacial score (nSPS) is 12.4. The van der Waals surface area contributed by atoms with E-state index in [2.05, 4.69) is 20.9 Å². The van der Waals surface area contributed by atoms with Crippen molar-refractivity contribution in [2.75, 3.05) is 13.2 Å². The van der Waals surface area contributed by atoms with Crippen molar-refractivity contribution in [2.45, 2.75) is 33.0 Å². The van der Waals surface area contributed by atoms with E-state index in [1.807, 2.05) is 6.92 Å². The molecule has 0 fully saturated rings. The second kappa shape index (κ2) is 6.97. The highest BCUT2D eigenvalue weighted by Crippen LogP contribution is 1.94. The first kappa shape index (κ1) is 13.6. The average Bonchev–Trinajstić information content (AvgIpc) is 2.74. The molecule has 0 bridgehead atoms. The largest absolute Gasteiger partial charge is 0.394 e. The molecule has 96 valence electrons. The summed E-state index contributed by atoms with van der Waals surface area (Å²) in [6.45, 7) is 5.24. The highest BCUT2D eigenvalue weighted by molar-refractivity contribution is 5.81. The van der Waals surface area contributed by atoms with Gasteiger partial charge in [0, 0.05) is 19.3 Å². The summed E-state index contributed by atoms with van der Waals surface area (Å²) in [4.78, 5) is 11.4. The quantitative estimate of drug-likeness (QED) is 0.562. The van der Waals surface area contributed by atoms with Crippen LogP contribution in [-0.4, -0.2) is 45.2 Å². The molecule has 1 rings (SSSR count). The minimum Gasteiger partial charge on any atom is -0.394 e. The number of hydrogen-bond acceptors (Lipinski definition) is 5. The number of aromatic nitrogens is 3. The van der Waals surface area contributed by atoms with E-state index in [9.17, 15) is 4.79 Å². The van der Waals surface area contributed by atoms with Crippen LogP contribution in [0.5, 0.6) is 0 Å². The summed E-state index contributed by atoms with van der Waals surface area (Å²) >= 11 is 0. The van der Waals surface area contributed by atoms with Crippen LogP contribution in [0.25, 0.3) is 0 Å². The third-order valence-corrected chi connectivity index (χ3v) is 2.25. The molecule has 1 amide bonds. The molecule has 0 saturated carbocycles. The molecule has 1 aromatic heterocycles. The minimum absolute atomic E-state index is 0.0322. The van der Waals surface area contributed by atoms with Crippen LogP contribution in [0, 0.1) is 0 Å².